The number of para-hydroxylation sites is 1. The predicted octanol–water partition coefficient (Wildman–Crippen LogP) is 3.95. The van der Waals surface area contributed by atoms with Crippen molar-refractivity contribution in [3.05, 3.63) is 88.7 Å². The summed E-state index contributed by atoms with van der Waals surface area (Å²) in [5.41, 5.74) is 5.05. The molecule has 2 N–H and O–H groups in total. The molecule has 3 aromatic rings. The molecule has 2 amide bonds. The molecule has 0 saturated carbocycles. The summed E-state index contributed by atoms with van der Waals surface area (Å²) in [7, 11) is 0. The molecule has 6 nitrogen and oxygen atoms in total. The van der Waals surface area contributed by atoms with Crippen LogP contribution in [0.25, 0.3) is 0 Å². The Labute approximate surface area is 176 Å². The summed E-state index contributed by atoms with van der Waals surface area (Å²) in [6, 6.07) is 14.8. The molecule has 0 saturated heterocycles. The average molecular weight is 403 g/mol. The Morgan fingerprint density at radius 2 is 1.73 bits per heavy atom. The maximum Gasteiger partial charge on any atom is 0.258 e. The first kappa shape index (κ1) is 21.0. The third-order valence-corrected chi connectivity index (χ3v) is 4.89. The lowest BCUT2D eigenvalue weighted by molar-refractivity contribution is -0.123. The maximum atomic E-state index is 12.4. The standard InChI is InChI=1S/C24H25N3O3/c1-16-10-11-17(2)23(18(16)3)30-15-22(28)26-14-19-7-4-5-9-21(19)27-24(29)20-8-6-12-25-13-20/h4-13H,14-15H2,1-3H3,(H,26,28)(H,27,29). The zero-order chi connectivity index (χ0) is 21.5. The first-order chi connectivity index (χ1) is 14.5. The number of aryl methyl sites for hydroxylation is 2. The molecular formula is C24H25N3O3. The van der Waals surface area contributed by atoms with Gasteiger partial charge in [0.25, 0.3) is 11.8 Å². The monoisotopic (exact) mass is 403 g/mol. The van der Waals surface area contributed by atoms with Crippen LogP contribution in [0.1, 0.15) is 32.6 Å². The minimum Gasteiger partial charge on any atom is -0.483 e. The van der Waals surface area contributed by atoms with Crippen molar-refractivity contribution in [2.24, 2.45) is 0 Å². The van der Waals surface area contributed by atoms with Gasteiger partial charge in [-0.25, -0.2) is 0 Å². The summed E-state index contributed by atoms with van der Waals surface area (Å²) >= 11 is 0. The second-order valence-electron chi connectivity index (χ2n) is 7.07. The highest BCUT2D eigenvalue weighted by molar-refractivity contribution is 6.04. The number of nitrogens with one attached hydrogen (secondary N) is 2. The van der Waals surface area contributed by atoms with Crippen LogP contribution in [0.5, 0.6) is 5.75 Å². The predicted molar refractivity (Wildman–Crippen MR) is 117 cm³/mol. The van der Waals surface area contributed by atoms with E-state index in [0.717, 1.165) is 28.0 Å². The van der Waals surface area contributed by atoms with E-state index in [4.69, 9.17) is 4.74 Å². The Balaban J connectivity index is 1.59. The van der Waals surface area contributed by atoms with Crippen LogP contribution in [0, 0.1) is 20.8 Å². The van der Waals surface area contributed by atoms with E-state index in [1.807, 2.05) is 51.1 Å². The van der Waals surface area contributed by atoms with E-state index in [1.54, 1.807) is 24.4 Å². The molecule has 30 heavy (non-hydrogen) atoms. The number of rotatable bonds is 7. The van der Waals surface area contributed by atoms with Crippen molar-refractivity contribution in [3.63, 3.8) is 0 Å². The van der Waals surface area contributed by atoms with E-state index >= 15 is 0 Å². The molecular weight excluding hydrogens is 378 g/mol. The fourth-order valence-corrected chi connectivity index (χ4v) is 3.02. The van der Waals surface area contributed by atoms with Crippen LogP contribution in [-0.2, 0) is 11.3 Å². The first-order valence-corrected chi connectivity index (χ1v) is 9.71. The number of amides is 2. The number of anilines is 1. The van der Waals surface area contributed by atoms with Crippen LogP contribution in [-0.4, -0.2) is 23.4 Å². The highest BCUT2D eigenvalue weighted by Crippen LogP contribution is 2.25. The van der Waals surface area contributed by atoms with E-state index in [-0.39, 0.29) is 25.0 Å². The summed E-state index contributed by atoms with van der Waals surface area (Å²) in [5, 5.41) is 5.72. The van der Waals surface area contributed by atoms with E-state index < -0.39 is 0 Å². The Kier molecular flexibility index (Phi) is 6.80. The number of hydrogen-bond donors (Lipinski definition) is 2. The van der Waals surface area contributed by atoms with Crippen LogP contribution < -0.4 is 15.4 Å². The average Bonchev–Trinajstić information content (AvgIpc) is 2.76. The second-order valence-corrected chi connectivity index (χ2v) is 7.07. The quantitative estimate of drug-likeness (QED) is 0.626. The second kappa shape index (κ2) is 9.69. The van der Waals surface area contributed by atoms with E-state index in [1.165, 1.54) is 6.20 Å². The molecule has 0 atom stereocenters. The van der Waals surface area contributed by atoms with Gasteiger partial charge in [0.1, 0.15) is 5.75 Å². The molecule has 0 aliphatic carbocycles. The van der Waals surface area contributed by atoms with Gasteiger partial charge in [0.2, 0.25) is 0 Å². The SMILES string of the molecule is Cc1ccc(C)c(OCC(=O)NCc2ccccc2NC(=O)c2cccnc2)c1C. The molecule has 0 fully saturated rings. The van der Waals surface area contributed by atoms with Crippen molar-refractivity contribution in [3.8, 4) is 5.75 Å². The van der Waals surface area contributed by atoms with Crippen LogP contribution in [0.4, 0.5) is 5.69 Å². The van der Waals surface area contributed by atoms with E-state index in [9.17, 15) is 9.59 Å². The fourth-order valence-electron chi connectivity index (χ4n) is 3.02. The van der Waals surface area contributed by atoms with Gasteiger partial charge in [0, 0.05) is 24.6 Å². The van der Waals surface area contributed by atoms with Crippen molar-refractivity contribution in [2.75, 3.05) is 11.9 Å². The van der Waals surface area contributed by atoms with Gasteiger partial charge in [-0.15, -0.1) is 0 Å². The van der Waals surface area contributed by atoms with Crippen LogP contribution in [0.2, 0.25) is 0 Å². The van der Waals surface area contributed by atoms with Gasteiger partial charge >= 0.3 is 0 Å². The van der Waals surface area contributed by atoms with Crippen LogP contribution >= 0.6 is 0 Å². The zero-order valence-corrected chi connectivity index (χ0v) is 17.4. The van der Waals surface area contributed by atoms with Crippen LogP contribution in [0.15, 0.2) is 60.9 Å². The van der Waals surface area contributed by atoms with Gasteiger partial charge in [-0.1, -0.05) is 30.3 Å². The highest BCUT2D eigenvalue weighted by atomic mass is 16.5. The van der Waals surface area contributed by atoms with E-state index in [2.05, 4.69) is 15.6 Å². The third-order valence-electron chi connectivity index (χ3n) is 4.89. The molecule has 0 aliphatic rings. The molecule has 1 heterocycles. The van der Waals surface area contributed by atoms with Gasteiger partial charge in [-0.2, -0.15) is 0 Å². The molecule has 0 spiro atoms. The van der Waals surface area contributed by atoms with Gasteiger partial charge in [-0.05, 0) is 61.2 Å². The first-order valence-electron chi connectivity index (χ1n) is 9.71. The molecule has 2 aromatic carbocycles. The molecule has 0 aliphatic heterocycles. The number of nitrogens with zero attached hydrogens (tertiary/aromatic N) is 1. The number of carbonyl (C=O) groups excluding carboxylic acids is 2. The van der Waals surface area contributed by atoms with Crippen molar-refractivity contribution in [1.29, 1.82) is 0 Å². The zero-order valence-electron chi connectivity index (χ0n) is 17.4. The van der Waals surface area contributed by atoms with Gasteiger partial charge in [0.05, 0.1) is 5.56 Å². The maximum absolute atomic E-state index is 12.4. The fraction of sp³-hybridized carbons (Fsp3) is 0.208. The smallest absolute Gasteiger partial charge is 0.258 e. The van der Waals surface area contributed by atoms with Crippen molar-refractivity contribution >= 4 is 17.5 Å². The molecule has 0 bridgehead atoms. The summed E-state index contributed by atoms with van der Waals surface area (Å²) < 4.78 is 5.76. The van der Waals surface area contributed by atoms with Gasteiger partial charge in [0.15, 0.2) is 6.61 Å². The number of carbonyl (C=O) groups is 2. The molecule has 1 aromatic heterocycles. The lowest BCUT2D eigenvalue weighted by Gasteiger charge is -2.15. The highest BCUT2D eigenvalue weighted by Gasteiger charge is 2.12. The number of hydrogen-bond acceptors (Lipinski definition) is 4. The minimum atomic E-state index is -0.254. The Bertz CT molecular complexity index is 1050. The minimum absolute atomic E-state index is 0.0741. The molecule has 6 heteroatoms. The normalized spacial score (nSPS) is 10.4. The number of pyridine rings is 1. The number of aromatic nitrogens is 1. The molecule has 3 rings (SSSR count). The van der Waals surface area contributed by atoms with Crippen molar-refractivity contribution in [2.45, 2.75) is 27.3 Å². The lowest BCUT2D eigenvalue weighted by atomic mass is 10.1. The van der Waals surface area contributed by atoms with Gasteiger partial charge < -0.3 is 15.4 Å². The summed E-state index contributed by atoms with van der Waals surface area (Å²) in [4.78, 5) is 28.7. The molecule has 0 unspecified atom stereocenters. The number of benzene rings is 2. The summed E-state index contributed by atoms with van der Waals surface area (Å²) in [6.45, 7) is 6.16. The summed E-state index contributed by atoms with van der Waals surface area (Å²) in [5.74, 6) is 0.258. The number of ether oxygens (including phenoxy) is 1. The largest absolute Gasteiger partial charge is 0.483 e. The van der Waals surface area contributed by atoms with Crippen LogP contribution in [0.3, 0.4) is 0 Å². The topological polar surface area (TPSA) is 80.3 Å². The lowest BCUT2D eigenvalue weighted by Crippen LogP contribution is -2.29. The Morgan fingerprint density at radius 1 is 0.967 bits per heavy atom. The summed E-state index contributed by atoms with van der Waals surface area (Å²) in [6.07, 6.45) is 3.12. The van der Waals surface area contributed by atoms with E-state index in [0.29, 0.717) is 11.3 Å². The molecule has 0 radical (unpaired) electrons. The Hall–Kier alpha value is -3.67. The molecule has 154 valence electrons. The Morgan fingerprint density at radius 3 is 2.50 bits per heavy atom. The van der Waals surface area contributed by atoms with Gasteiger partial charge in [-0.3, -0.25) is 14.6 Å². The van der Waals surface area contributed by atoms with Crippen molar-refractivity contribution in [1.82, 2.24) is 10.3 Å². The third kappa shape index (κ3) is 5.23. The van der Waals surface area contributed by atoms with Crippen molar-refractivity contribution < 1.29 is 14.3 Å².